The van der Waals surface area contributed by atoms with E-state index < -0.39 is 5.82 Å². The topological polar surface area (TPSA) is 62.3 Å². The summed E-state index contributed by atoms with van der Waals surface area (Å²) in [5.41, 5.74) is 1.14. The van der Waals surface area contributed by atoms with Crippen LogP contribution in [0.25, 0.3) is 10.9 Å². The van der Waals surface area contributed by atoms with Gasteiger partial charge in [-0.25, -0.2) is 18.7 Å². The lowest BCUT2D eigenvalue weighted by molar-refractivity contribution is 0.298. The Morgan fingerprint density at radius 3 is 2.84 bits per heavy atom. The number of benzene rings is 2. The van der Waals surface area contributed by atoms with E-state index in [1.165, 1.54) is 12.4 Å². The number of halogens is 3. The molecule has 1 aliphatic carbocycles. The smallest absolute Gasteiger partial charge is 0.169 e. The van der Waals surface area contributed by atoms with Crippen molar-refractivity contribution in [1.29, 1.82) is 0 Å². The summed E-state index contributed by atoms with van der Waals surface area (Å²) >= 11 is 6.22. The molecule has 1 aromatic heterocycles. The highest BCUT2D eigenvalue weighted by Crippen LogP contribution is 2.38. The number of piperazine rings is 1. The molecule has 2 aliphatic heterocycles. The average molecular weight is 458 g/mol. The molecule has 9 heteroatoms. The van der Waals surface area contributed by atoms with Crippen molar-refractivity contribution in [2.24, 2.45) is 5.92 Å². The Kier molecular flexibility index (Phi) is 4.80. The van der Waals surface area contributed by atoms with E-state index in [1.54, 1.807) is 18.2 Å². The highest BCUT2D eigenvalue weighted by atomic mass is 35.5. The third-order valence-corrected chi connectivity index (χ3v) is 6.89. The summed E-state index contributed by atoms with van der Waals surface area (Å²) in [5.74, 6) is 0.324. The number of fused-ring (bicyclic) bond motifs is 3. The van der Waals surface area contributed by atoms with E-state index in [0.717, 1.165) is 32.4 Å². The van der Waals surface area contributed by atoms with Gasteiger partial charge in [0.1, 0.15) is 28.7 Å². The fourth-order valence-electron chi connectivity index (χ4n) is 4.60. The van der Waals surface area contributed by atoms with Crippen LogP contribution in [0.3, 0.4) is 0 Å². The van der Waals surface area contributed by atoms with Crippen LogP contribution in [0.5, 0.6) is 5.75 Å². The fourth-order valence-corrected chi connectivity index (χ4v) is 4.82. The first-order valence-corrected chi connectivity index (χ1v) is 11.3. The summed E-state index contributed by atoms with van der Waals surface area (Å²) < 4.78 is 35.6. The van der Waals surface area contributed by atoms with Crippen LogP contribution in [0.1, 0.15) is 19.3 Å². The predicted molar refractivity (Wildman–Crippen MR) is 120 cm³/mol. The summed E-state index contributed by atoms with van der Waals surface area (Å²) in [7, 11) is 0. The minimum absolute atomic E-state index is 0.0682. The van der Waals surface area contributed by atoms with Gasteiger partial charge >= 0.3 is 0 Å². The molecule has 3 heterocycles. The molecular formula is C23H22ClF2N5O. The van der Waals surface area contributed by atoms with Gasteiger partial charge in [-0.15, -0.1) is 0 Å². The van der Waals surface area contributed by atoms with Gasteiger partial charge in [-0.2, -0.15) is 0 Å². The molecule has 3 aliphatic rings. The van der Waals surface area contributed by atoms with Crippen LogP contribution in [0.2, 0.25) is 5.02 Å². The summed E-state index contributed by atoms with van der Waals surface area (Å²) in [4.78, 5) is 10.6. The molecule has 1 saturated carbocycles. The van der Waals surface area contributed by atoms with Gasteiger partial charge in [0.15, 0.2) is 5.82 Å². The van der Waals surface area contributed by atoms with Gasteiger partial charge in [-0.3, -0.25) is 0 Å². The minimum atomic E-state index is -0.614. The van der Waals surface area contributed by atoms with Gasteiger partial charge in [0, 0.05) is 36.6 Å². The molecule has 6 nitrogen and oxygen atoms in total. The van der Waals surface area contributed by atoms with Crippen molar-refractivity contribution in [3.05, 3.63) is 47.2 Å². The number of rotatable bonds is 6. The summed E-state index contributed by atoms with van der Waals surface area (Å²) in [6, 6.07) is 7.05. The van der Waals surface area contributed by atoms with E-state index in [2.05, 4.69) is 25.5 Å². The molecule has 2 N–H and O–H groups in total. The normalized spacial score (nSPS) is 22.0. The zero-order valence-electron chi connectivity index (χ0n) is 17.2. The van der Waals surface area contributed by atoms with Crippen LogP contribution in [0, 0.1) is 17.6 Å². The van der Waals surface area contributed by atoms with Crippen LogP contribution in [0.15, 0.2) is 30.6 Å². The predicted octanol–water partition coefficient (Wildman–Crippen LogP) is 4.64. The lowest BCUT2D eigenvalue weighted by Gasteiger charge is -2.30. The SMILES string of the molecule is Fc1cc2ncnc(Nc3ccc(OCC4CC4)c(Cl)c3F)c2cc1N1C[C@@H]2C[C@H]1CN2. The molecule has 0 amide bonds. The van der Waals surface area contributed by atoms with Crippen molar-refractivity contribution in [3.63, 3.8) is 0 Å². The van der Waals surface area contributed by atoms with Gasteiger partial charge in [-0.1, -0.05) is 11.6 Å². The highest BCUT2D eigenvalue weighted by molar-refractivity contribution is 6.32. The molecule has 0 unspecified atom stereocenters. The van der Waals surface area contributed by atoms with Crippen molar-refractivity contribution >= 4 is 39.7 Å². The maximum absolute atomic E-state index is 15.0. The Morgan fingerprint density at radius 2 is 2.09 bits per heavy atom. The molecule has 3 aromatic rings. The Bertz CT molecular complexity index is 1200. The Balaban J connectivity index is 1.33. The van der Waals surface area contributed by atoms with Gasteiger partial charge in [-0.05, 0) is 43.4 Å². The Morgan fingerprint density at radius 1 is 1.22 bits per heavy atom. The third-order valence-electron chi connectivity index (χ3n) is 6.54. The number of anilines is 3. The van der Waals surface area contributed by atoms with Crippen molar-refractivity contribution in [2.45, 2.75) is 31.3 Å². The van der Waals surface area contributed by atoms with Gasteiger partial charge in [0.2, 0.25) is 0 Å². The van der Waals surface area contributed by atoms with Crippen LogP contribution < -0.4 is 20.3 Å². The standard InChI is InChI=1S/C23H22ClF2N5O/c24-21-20(32-10-12-1-2-12)4-3-17(22(21)26)30-23-15-6-19(16(25)7-18(15)28-11-29-23)31-9-13-5-14(31)8-27-13/h3-4,6-7,11-14,27H,1-2,5,8-10H2,(H,28,29,30)/t13-,14-/m0/s1. The summed E-state index contributed by atoms with van der Waals surface area (Å²) in [6.45, 7) is 2.15. The fraction of sp³-hybridized carbons (Fsp3) is 0.391. The second-order valence-corrected chi connectivity index (χ2v) is 9.19. The summed E-state index contributed by atoms with van der Waals surface area (Å²) in [5, 5.41) is 6.98. The number of ether oxygens (including phenoxy) is 1. The highest BCUT2D eigenvalue weighted by Gasteiger charge is 2.38. The van der Waals surface area contributed by atoms with E-state index in [4.69, 9.17) is 16.3 Å². The summed E-state index contributed by atoms with van der Waals surface area (Å²) in [6.07, 6.45) is 4.61. The van der Waals surface area contributed by atoms with E-state index in [1.807, 2.05) is 0 Å². The second kappa shape index (κ2) is 7.71. The van der Waals surface area contributed by atoms with Gasteiger partial charge in [0.05, 0.1) is 23.5 Å². The van der Waals surface area contributed by atoms with Crippen molar-refractivity contribution in [3.8, 4) is 5.75 Å². The van der Waals surface area contributed by atoms with E-state index in [0.29, 0.717) is 46.7 Å². The molecule has 32 heavy (non-hydrogen) atoms. The Labute approximate surface area is 188 Å². The zero-order valence-corrected chi connectivity index (χ0v) is 18.0. The molecule has 0 radical (unpaired) electrons. The largest absolute Gasteiger partial charge is 0.492 e. The molecule has 166 valence electrons. The zero-order chi connectivity index (χ0) is 21.8. The van der Waals surface area contributed by atoms with Crippen LogP contribution in [0.4, 0.5) is 26.0 Å². The maximum atomic E-state index is 15.0. The van der Waals surface area contributed by atoms with Crippen LogP contribution in [-0.2, 0) is 0 Å². The Hall–Kier alpha value is -2.71. The monoisotopic (exact) mass is 457 g/mol. The molecule has 2 bridgehead atoms. The molecule has 3 fully saturated rings. The molecule has 0 spiro atoms. The van der Waals surface area contributed by atoms with Crippen LogP contribution >= 0.6 is 11.6 Å². The number of nitrogens with zero attached hydrogens (tertiary/aromatic N) is 3. The van der Waals surface area contributed by atoms with Gasteiger partial charge < -0.3 is 20.3 Å². The van der Waals surface area contributed by atoms with Crippen LogP contribution in [-0.4, -0.2) is 41.7 Å². The lowest BCUT2D eigenvalue weighted by Crippen LogP contribution is -2.44. The van der Waals surface area contributed by atoms with Crippen molar-refractivity contribution in [1.82, 2.24) is 15.3 Å². The lowest BCUT2D eigenvalue weighted by atomic mass is 10.1. The molecule has 6 rings (SSSR count). The van der Waals surface area contributed by atoms with Crippen molar-refractivity contribution < 1.29 is 13.5 Å². The molecule has 2 saturated heterocycles. The first kappa shape index (κ1) is 19.9. The second-order valence-electron chi connectivity index (χ2n) is 8.81. The quantitative estimate of drug-likeness (QED) is 0.562. The number of nitrogens with one attached hydrogen (secondary N) is 2. The molecule has 2 aromatic carbocycles. The van der Waals surface area contributed by atoms with E-state index in [-0.39, 0.29) is 22.6 Å². The minimum Gasteiger partial charge on any atom is -0.492 e. The van der Waals surface area contributed by atoms with E-state index >= 15 is 0 Å². The molecule has 2 atom stereocenters. The number of hydrogen-bond donors (Lipinski definition) is 2. The number of aromatic nitrogens is 2. The van der Waals surface area contributed by atoms with Gasteiger partial charge in [0.25, 0.3) is 0 Å². The van der Waals surface area contributed by atoms with Crippen molar-refractivity contribution in [2.75, 3.05) is 29.9 Å². The third kappa shape index (κ3) is 3.51. The van der Waals surface area contributed by atoms with E-state index in [9.17, 15) is 8.78 Å². The maximum Gasteiger partial charge on any atom is 0.169 e. The first-order chi connectivity index (χ1) is 15.6. The average Bonchev–Trinajstić information content (AvgIpc) is 3.38. The first-order valence-electron chi connectivity index (χ1n) is 10.9. The molecular weight excluding hydrogens is 436 g/mol. The number of hydrogen-bond acceptors (Lipinski definition) is 6.